The minimum absolute atomic E-state index is 0.289. The smallest absolute Gasteiger partial charge is 0.257 e. The van der Waals surface area contributed by atoms with E-state index in [0.717, 1.165) is 11.1 Å². The first-order valence-corrected chi connectivity index (χ1v) is 11.2. The van der Waals surface area contributed by atoms with E-state index < -0.39 is 0 Å². The van der Waals surface area contributed by atoms with Gasteiger partial charge in [-0.1, -0.05) is 32.0 Å². The van der Waals surface area contributed by atoms with Crippen molar-refractivity contribution in [2.45, 2.75) is 27.7 Å². The number of rotatable bonds is 7. The van der Waals surface area contributed by atoms with Gasteiger partial charge >= 0.3 is 0 Å². The maximum absolute atomic E-state index is 12.9. The number of benzene rings is 3. The van der Waals surface area contributed by atoms with E-state index in [1.165, 1.54) is 0 Å². The lowest BCUT2D eigenvalue weighted by atomic mass is 10.1. The van der Waals surface area contributed by atoms with E-state index in [2.05, 4.69) is 40.4 Å². The average Bonchev–Trinajstić information content (AvgIpc) is 2.75. The van der Waals surface area contributed by atoms with Gasteiger partial charge in [0.15, 0.2) is 0 Å². The fourth-order valence-corrected chi connectivity index (χ4v) is 3.51. The third-order valence-corrected chi connectivity index (χ3v) is 5.57. The zero-order valence-electron chi connectivity index (χ0n) is 18.7. The number of amides is 2. The van der Waals surface area contributed by atoms with Crippen LogP contribution in [0.5, 0.6) is 5.75 Å². The van der Waals surface area contributed by atoms with Crippen LogP contribution in [-0.4, -0.2) is 18.4 Å². The molecule has 3 rings (SSSR count). The summed E-state index contributed by atoms with van der Waals surface area (Å²) >= 11 is 3.47. The van der Waals surface area contributed by atoms with E-state index in [0.29, 0.717) is 45.2 Å². The van der Waals surface area contributed by atoms with Gasteiger partial charge in [0.2, 0.25) is 0 Å². The number of anilines is 2. The van der Waals surface area contributed by atoms with Crippen LogP contribution >= 0.6 is 15.9 Å². The van der Waals surface area contributed by atoms with Gasteiger partial charge in [-0.05, 0) is 89.3 Å². The molecule has 0 unspecified atom stereocenters. The standard InChI is InChI=1S/C26H27BrN2O3/c1-16(2)15-32-24-12-10-19(14-22(24)27)25(30)29-23-8-6-5-7-21(23)26(31)28-20-11-9-17(3)18(4)13-20/h5-14,16H,15H2,1-4H3,(H,28,31)(H,29,30). The first kappa shape index (κ1) is 23.5. The Bertz CT molecular complexity index is 1140. The maximum Gasteiger partial charge on any atom is 0.257 e. The summed E-state index contributed by atoms with van der Waals surface area (Å²) in [6.45, 7) is 8.75. The van der Waals surface area contributed by atoms with E-state index in [4.69, 9.17) is 4.74 Å². The molecule has 3 aromatic carbocycles. The van der Waals surface area contributed by atoms with Gasteiger partial charge in [0, 0.05) is 11.3 Å². The molecule has 2 N–H and O–H groups in total. The van der Waals surface area contributed by atoms with Gasteiger partial charge in [-0.2, -0.15) is 0 Å². The van der Waals surface area contributed by atoms with Crippen molar-refractivity contribution in [3.63, 3.8) is 0 Å². The number of ether oxygens (including phenoxy) is 1. The molecule has 0 saturated heterocycles. The molecule has 0 aliphatic carbocycles. The topological polar surface area (TPSA) is 67.4 Å². The van der Waals surface area contributed by atoms with Crippen molar-refractivity contribution in [3.05, 3.63) is 87.4 Å². The average molecular weight is 495 g/mol. The molecule has 0 saturated carbocycles. The highest BCUT2D eigenvalue weighted by Crippen LogP contribution is 2.27. The summed E-state index contributed by atoms with van der Waals surface area (Å²) in [6, 6.07) is 17.9. The second kappa shape index (κ2) is 10.5. The number of carbonyl (C=O) groups excluding carboxylic acids is 2. The molecule has 166 valence electrons. The van der Waals surface area contributed by atoms with Crippen LogP contribution in [0.3, 0.4) is 0 Å². The molecule has 5 nitrogen and oxygen atoms in total. The zero-order chi connectivity index (χ0) is 23.3. The van der Waals surface area contributed by atoms with Crippen LogP contribution in [0, 0.1) is 19.8 Å². The highest BCUT2D eigenvalue weighted by molar-refractivity contribution is 9.10. The van der Waals surface area contributed by atoms with Gasteiger partial charge in [-0.25, -0.2) is 0 Å². The van der Waals surface area contributed by atoms with E-state index in [-0.39, 0.29) is 11.8 Å². The second-order valence-electron chi connectivity index (χ2n) is 8.10. The second-order valence-corrected chi connectivity index (χ2v) is 8.96. The van der Waals surface area contributed by atoms with Crippen molar-refractivity contribution >= 4 is 39.1 Å². The molecule has 2 amide bonds. The molecule has 0 spiro atoms. The van der Waals surface area contributed by atoms with Crippen LogP contribution in [0.4, 0.5) is 11.4 Å². The summed E-state index contributed by atoms with van der Waals surface area (Å²) in [7, 11) is 0. The van der Waals surface area contributed by atoms with E-state index in [9.17, 15) is 9.59 Å². The normalized spacial score (nSPS) is 10.7. The lowest BCUT2D eigenvalue weighted by Crippen LogP contribution is -2.18. The molecule has 0 aromatic heterocycles. The monoisotopic (exact) mass is 494 g/mol. The Balaban J connectivity index is 1.75. The Morgan fingerprint density at radius 2 is 1.66 bits per heavy atom. The zero-order valence-corrected chi connectivity index (χ0v) is 20.2. The number of nitrogens with one attached hydrogen (secondary N) is 2. The van der Waals surface area contributed by atoms with Crippen LogP contribution in [0.15, 0.2) is 65.1 Å². The molecule has 3 aromatic rings. The van der Waals surface area contributed by atoms with Crippen LogP contribution < -0.4 is 15.4 Å². The molecule has 0 radical (unpaired) electrons. The number of aryl methyl sites for hydroxylation is 2. The summed E-state index contributed by atoms with van der Waals surface area (Å²) < 4.78 is 6.44. The van der Waals surface area contributed by atoms with Gasteiger partial charge in [0.05, 0.1) is 22.3 Å². The van der Waals surface area contributed by atoms with Crippen molar-refractivity contribution in [2.24, 2.45) is 5.92 Å². The summed E-state index contributed by atoms with van der Waals surface area (Å²) in [6.07, 6.45) is 0. The maximum atomic E-state index is 12.9. The van der Waals surface area contributed by atoms with Gasteiger partial charge < -0.3 is 15.4 Å². The largest absolute Gasteiger partial charge is 0.492 e. The number of hydrogen-bond donors (Lipinski definition) is 2. The minimum atomic E-state index is -0.312. The Labute approximate surface area is 197 Å². The predicted octanol–water partition coefficient (Wildman–Crippen LogP) is 6.61. The lowest BCUT2D eigenvalue weighted by Gasteiger charge is -2.14. The Kier molecular flexibility index (Phi) is 7.70. The van der Waals surface area contributed by atoms with E-state index in [1.54, 1.807) is 42.5 Å². The van der Waals surface area contributed by atoms with Crippen molar-refractivity contribution in [3.8, 4) is 5.75 Å². The van der Waals surface area contributed by atoms with E-state index >= 15 is 0 Å². The van der Waals surface area contributed by atoms with Gasteiger partial charge in [-0.3, -0.25) is 9.59 Å². The van der Waals surface area contributed by atoms with E-state index in [1.807, 2.05) is 32.0 Å². The van der Waals surface area contributed by atoms with Gasteiger partial charge in [0.1, 0.15) is 5.75 Å². The first-order valence-electron chi connectivity index (χ1n) is 10.5. The minimum Gasteiger partial charge on any atom is -0.492 e. The molecule has 0 heterocycles. The number of halogens is 1. The Morgan fingerprint density at radius 3 is 2.34 bits per heavy atom. The third kappa shape index (κ3) is 5.98. The number of carbonyl (C=O) groups is 2. The van der Waals surface area contributed by atoms with Crippen LogP contribution in [-0.2, 0) is 0 Å². The molecular formula is C26H27BrN2O3. The summed E-state index contributed by atoms with van der Waals surface area (Å²) in [5.74, 6) is 0.482. The fraction of sp³-hybridized carbons (Fsp3) is 0.231. The molecular weight excluding hydrogens is 468 g/mol. The van der Waals surface area contributed by atoms with Crippen LogP contribution in [0.2, 0.25) is 0 Å². The van der Waals surface area contributed by atoms with Gasteiger partial charge in [-0.15, -0.1) is 0 Å². The van der Waals surface area contributed by atoms with Crippen molar-refractivity contribution in [1.29, 1.82) is 0 Å². The molecule has 32 heavy (non-hydrogen) atoms. The molecule has 0 fully saturated rings. The summed E-state index contributed by atoms with van der Waals surface area (Å²) in [4.78, 5) is 25.7. The third-order valence-electron chi connectivity index (χ3n) is 4.95. The Morgan fingerprint density at radius 1 is 0.906 bits per heavy atom. The highest BCUT2D eigenvalue weighted by Gasteiger charge is 2.16. The van der Waals surface area contributed by atoms with Crippen LogP contribution in [0.25, 0.3) is 0 Å². The van der Waals surface area contributed by atoms with Crippen LogP contribution in [0.1, 0.15) is 45.7 Å². The summed E-state index contributed by atoms with van der Waals surface area (Å²) in [5.41, 5.74) is 4.24. The molecule has 0 bridgehead atoms. The molecule has 0 aliphatic heterocycles. The Hall–Kier alpha value is -3.12. The highest BCUT2D eigenvalue weighted by atomic mass is 79.9. The first-order chi connectivity index (χ1) is 15.2. The quantitative estimate of drug-likeness (QED) is 0.388. The predicted molar refractivity (Wildman–Crippen MR) is 133 cm³/mol. The van der Waals surface area contributed by atoms with Crippen molar-refractivity contribution < 1.29 is 14.3 Å². The number of para-hydroxylation sites is 1. The van der Waals surface area contributed by atoms with Crippen molar-refractivity contribution in [1.82, 2.24) is 0 Å². The SMILES string of the molecule is Cc1ccc(NC(=O)c2ccccc2NC(=O)c2ccc(OCC(C)C)c(Br)c2)cc1C. The molecule has 0 aliphatic rings. The number of hydrogen-bond acceptors (Lipinski definition) is 3. The summed E-state index contributed by atoms with van der Waals surface area (Å²) in [5, 5.41) is 5.75. The lowest BCUT2D eigenvalue weighted by molar-refractivity contribution is 0.102. The molecule has 6 heteroatoms. The fourth-order valence-electron chi connectivity index (χ4n) is 3.02. The molecule has 0 atom stereocenters. The van der Waals surface area contributed by atoms with Crippen molar-refractivity contribution in [2.75, 3.05) is 17.2 Å². The van der Waals surface area contributed by atoms with Gasteiger partial charge in [0.25, 0.3) is 11.8 Å².